The number of hydrogen-bond donors (Lipinski definition) is 1. The standard InChI is InChI=1S/C17H20FN5O3/c1-26-16-13(18)2-10(5-20-16)17(25)22-6-11-3-14(23-9-19-8-21-23)15(24)4-12(11)7-22/h2,5,8-9,11-12,14-15,24H,3-4,6-7H2,1H3/t11-,12+,14-,15-/m1/s1. The summed E-state index contributed by atoms with van der Waals surface area (Å²) in [4.78, 5) is 22.2. The Morgan fingerprint density at radius 3 is 2.77 bits per heavy atom. The average molecular weight is 361 g/mol. The summed E-state index contributed by atoms with van der Waals surface area (Å²) in [5, 5.41) is 14.6. The van der Waals surface area contributed by atoms with Crippen LogP contribution in [0.2, 0.25) is 0 Å². The fourth-order valence-electron chi connectivity index (χ4n) is 4.12. The third kappa shape index (κ3) is 2.92. The SMILES string of the molecule is COc1ncc(C(=O)N2C[C@H]3C[C@@H](n4cncn4)[C@H](O)C[C@H]3C2)cc1F. The third-order valence-electron chi connectivity index (χ3n) is 5.42. The predicted octanol–water partition coefficient (Wildman–Crippen LogP) is 0.905. The largest absolute Gasteiger partial charge is 0.479 e. The maximum Gasteiger partial charge on any atom is 0.255 e. The highest BCUT2D eigenvalue weighted by molar-refractivity contribution is 5.94. The van der Waals surface area contributed by atoms with Gasteiger partial charge in [0.05, 0.1) is 24.8 Å². The van der Waals surface area contributed by atoms with Crippen LogP contribution in [0, 0.1) is 17.7 Å². The van der Waals surface area contributed by atoms with Crippen molar-refractivity contribution in [3.63, 3.8) is 0 Å². The molecule has 2 aromatic heterocycles. The Bertz CT molecular complexity index is 800. The zero-order valence-corrected chi connectivity index (χ0v) is 14.3. The smallest absolute Gasteiger partial charge is 0.255 e. The van der Waals surface area contributed by atoms with E-state index in [1.807, 2.05) is 0 Å². The number of ether oxygens (including phenoxy) is 1. The topological polar surface area (TPSA) is 93.4 Å². The van der Waals surface area contributed by atoms with E-state index in [2.05, 4.69) is 15.1 Å². The Morgan fingerprint density at radius 2 is 2.12 bits per heavy atom. The molecule has 1 aliphatic heterocycles. The Kier molecular flexibility index (Phi) is 4.31. The monoisotopic (exact) mass is 361 g/mol. The summed E-state index contributed by atoms with van der Waals surface area (Å²) in [5.41, 5.74) is 0.204. The summed E-state index contributed by atoms with van der Waals surface area (Å²) in [7, 11) is 1.33. The summed E-state index contributed by atoms with van der Waals surface area (Å²) in [6, 6.07) is 1.03. The normalized spacial score (nSPS) is 28.0. The fourth-order valence-corrected chi connectivity index (χ4v) is 4.12. The minimum absolute atomic E-state index is 0.129. The molecule has 3 heterocycles. The number of amides is 1. The molecule has 1 aliphatic carbocycles. The first-order chi connectivity index (χ1) is 12.6. The van der Waals surface area contributed by atoms with E-state index < -0.39 is 11.9 Å². The van der Waals surface area contributed by atoms with Gasteiger partial charge in [-0.3, -0.25) is 4.79 Å². The molecule has 0 radical (unpaired) electrons. The molecule has 0 bridgehead atoms. The van der Waals surface area contributed by atoms with Crippen molar-refractivity contribution >= 4 is 5.91 Å². The lowest BCUT2D eigenvalue weighted by Gasteiger charge is -2.34. The Balaban J connectivity index is 1.48. The number of halogens is 1. The molecule has 26 heavy (non-hydrogen) atoms. The molecule has 8 nitrogen and oxygen atoms in total. The summed E-state index contributed by atoms with van der Waals surface area (Å²) >= 11 is 0. The van der Waals surface area contributed by atoms with Crippen LogP contribution in [0.3, 0.4) is 0 Å². The Hall–Kier alpha value is -2.55. The first-order valence-corrected chi connectivity index (χ1v) is 8.57. The highest BCUT2D eigenvalue weighted by atomic mass is 19.1. The first kappa shape index (κ1) is 16.9. The van der Waals surface area contributed by atoms with Crippen LogP contribution in [0.25, 0.3) is 0 Å². The van der Waals surface area contributed by atoms with Crippen molar-refractivity contribution < 1.29 is 19.0 Å². The van der Waals surface area contributed by atoms with Crippen LogP contribution in [-0.4, -0.2) is 62.0 Å². The number of aliphatic hydroxyl groups is 1. The second-order valence-corrected chi connectivity index (χ2v) is 6.93. The van der Waals surface area contributed by atoms with Crippen molar-refractivity contribution in [3.05, 3.63) is 36.3 Å². The predicted molar refractivity (Wildman–Crippen MR) is 87.9 cm³/mol. The van der Waals surface area contributed by atoms with E-state index in [0.717, 1.165) is 12.5 Å². The summed E-state index contributed by atoms with van der Waals surface area (Å²) in [5.74, 6) is -0.537. The molecule has 2 aliphatic rings. The van der Waals surface area contributed by atoms with Crippen molar-refractivity contribution in [1.82, 2.24) is 24.6 Å². The van der Waals surface area contributed by atoms with E-state index in [-0.39, 0.29) is 35.2 Å². The minimum Gasteiger partial charge on any atom is -0.479 e. The van der Waals surface area contributed by atoms with Gasteiger partial charge in [0.25, 0.3) is 5.91 Å². The number of methoxy groups -OCH3 is 1. The van der Waals surface area contributed by atoms with Gasteiger partial charge in [-0.25, -0.2) is 19.0 Å². The number of aliphatic hydroxyl groups excluding tert-OH is 1. The van der Waals surface area contributed by atoms with E-state index in [4.69, 9.17) is 4.74 Å². The molecule has 2 fully saturated rings. The lowest BCUT2D eigenvalue weighted by molar-refractivity contribution is 0.0304. The lowest BCUT2D eigenvalue weighted by atomic mass is 9.77. The van der Waals surface area contributed by atoms with Crippen molar-refractivity contribution in [2.24, 2.45) is 11.8 Å². The number of likely N-dealkylation sites (tertiary alicyclic amines) is 1. The number of pyridine rings is 1. The average Bonchev–Trinajstić information content (AvgIpc) is 3.29. The molecule has 0 aromatic carbocycles. The number of fused-ring (bicyclic) bond motifs is 1. The third-order valence-corrected chi connectivity index (χ3v) is 5.42. The number of carbonyl (C=O) groups is 1. The molecule has 0 unspecified atom stereocenters. The van der Waals surface area contributed by atoms with E-state index >= 15 is 0 Å². The molecule has 138 valence electrons. The maximum atomic E-state index is 13.8. The van der Waals surface area contributed by atoms with Crippen LogP contribution in [0.4, 0.5) is 4.39 Å². The quantitative estimate of drug-likeness (QED) is 0.873. The minimum atomic E-state index is -0.656. The maximum absolute atomic E-state index is 13.8. The van der Waals surface area contributed by atoms with Gasteiger partial charge >= 0.3 is 0 Å². The molecule has 4 rings (SSSR count). The highest BCUT2D eigenvalue weighted by Crippen LogP contribution is 2.41. The van der Waals surface area contributed by atoms with Gasteiger partial charge in [-0.2, -0.15) is 5.10 Å². The Morgan fingerprint density at radius 1 is 1.35 bits per heavy atom. The summed E-state index contributed by atoms with van der Waals surface area (Å²) in [6.45, 7) is 1.13. The molecule has 9 heteroatoms. The van der Waals surface area contributed by atoms with Crippen LogP contribution in [0.15, 0.2) is 24.9 Å². The van der Waals surface area contributed by atoms with Gasteiger partial charge in [-0.15, -0.1) is 0 Å². The lowest BCUT2D eigenvalue weighted by Crippen LogP contribution is -2.36. The van der Waals surface area contributed by atoms with Crippen molar-refractivity contribution in [1.29, 1.82) is 0 Å². The molecule has 4 atom stereocenters. The second-order valence-electron chi connectivity index (χ2n) is 6.93. The van der Waals surface area contributed by atoms with Crippen molar-refractivity contribution in [3.8, 4) is 5.88 Å². The highest BCUT2D eigenvalue weighted by Gasteiger charge is 2.44. The van der Waals surface area contributed by atoms with Crippen molar-refractivity contribution in [2.75, 3.05) is 20.2 Å². The van der Waals surface area contributed by atoms with E-state index in [1.165, 1.54) is 19.6 Å². The van der Waals surface area contributed by atoms with Crippen LogP contribution in [0.5, 0.6) is 5.88 Å². The van der Waals surface area contributed by atoms with E-state index in [0.29, 0.717) is 19.5 Å². The molecule has 0 spiro atoms. The van der Waals surface area contributed by atoms with Crippen LogP contribution in [0.1, 0.15) is 29.2 Å². The molecule has 2 aromatic rings. The van der Waals surface area contributed by atoms with Crippen LogP contribution in [-0.2, 0) is 0 Å². The van der Waals surface area contributed by atoms with Gasteiger partial charge < -0.3 is 14.7 Å². The van der Waals surface area contributed by atoms with Crippen molar-refractivity contribution in [2.45, 2.75) is 25.0 Å². The van der Waals surface area contributed by atoms with E-state index in [9.17, 15) is 14.3 Å². The first-order valence-electron chi connectivity index (χ1n) is 8.57. The van der Waals surface area contributed by atoms with Gasteiger partial charge in [0.2, 0.25) is 5.88 Å². The molecule has 1 amide bonds. The number of nitrogens with zero attached hydrogens (tertiary/aromatic N) is 5. The van der Waals surface area contributed by atoms with Gasteiger partial charge in [0, 0.05) is 19.3 Å². The number of aromatic nitrogens is 4. The zero-order chi connectivity index (χ0) is 18.3. The molecule has 1 saturated carbocycles. The molecular formula is C17H20FN5O3. The van der Waals surface area contributed by atoms with Gasteiger partial charge in [0.1, 0.15) is 12.7 Å². The number of rotatable bonds is 3. The fraction of sp³-hybridized carbons (Fsp3) is 0.529. The Labute approximate surface area is 149 Å². The number of carbonyl (C=O) groups excluding carboxylic acids is 1. The van der Waals surface area contributed by atoms with Gasteiger partial charge in [0.15, 0.2) is 5.82 Å². The summed E-state index contributed by atoms with van der Waals surface area (Å²) in [6.07, 6.45) is 5.21. The van der Waals surface area contributed by atoms with Crippen LogP contribution >= 0.6 is 0 Å². The van der Waals surface area contributed by atoms with Gasteiger partial charge in [-0.05, 0) is 30.7 Å². The summed E-state index contributed by atoms with van der Waals surface area (Å²) < 4.78 is 20.3. The zero-order valence-electron chi connectivity index (χ0n) is 14.3. The second kappa shape index (κ2) is 6.64. The molecule has 1 saturated heterocycles. The number of hydrogen-bond acceptors (Lipinski definition) is 6. The molecule has 1 N–H and O–H groups in total. The molecular weight excluding hydrogens is 341 g/mol. The van der Waals surface area contributed by atoms with E-state index in [1.54, 1.807) is 15.9 Å². The van der Waals surface area contributed by atoms with Gasteiger partial charge in [-0.1, -0.05) is 0 Å². The van der Waals surface area contributed by atoms with Crippen LogP contribution < -0.4 is 4.74 Å².